The molecule has 0 amide bonds. The van der Waals surface area contributed by atoms with Crippen LogP contribution in [0.15, 0.2) is 29.3 Å². The molecule has 0 saturated carbocycles. The Labute approximate surface area is 133 Å². The highest BCUT2D eigenvalue weighted by atomic mass is 32.1. The minimum absolute atomic E-state index is 0.173. The number of para-hydroxylation sites is 1. The second-order valence-corrected chi connectivity index (χ2v) is 6.28. The average Bonchev–Trinajstić information content (AvgIpc) is 2.91. The normalized spacial score (nSPS) is 14.0. The van der Waals surface area contributed by atoms with Gasteiger partial charge in [-0.25, -0.2) is 9.79 Å². The summed E-state index contributed by atoms with van der Waals surface area (Å²) in [5, 5.41) is 10.5. The highest BCUT2D eigenvalue weighted by Crippen LogP contribution is 2.40. The van der Waals surface area contributed by atoms with Crippen LogP contribution in [0.25, 0.3) is 0 Å². The average molecular weight is 315 g/mol. The van der Waals surface area contributed by atoms with Gasteiger partial charge in [-0.2, -0.15) is 0 Å². The number of esters is 1. The molecule has 1 aliphatic rings. The molecule has 0 fully saturated rings. The summed E-state index contributed by atoms with van der Waals surface area (Å²) in [7, 11) is 1.39. The lowest BCUT2D eigenvalue weighted by Crippen LogP contribution is -2.07. The molecule has 0 atom stereocenters. The summed E-state index contributed by atoms with van der Waals surface area (Å²) < 4.78 is 4.92. The summed E-state index contributed by atoms with van der Waals surface area (Å²) in [6.45, 7) is 0. The number of aromatic hydroxyl groups is 1. The Hall–Kier alpha value is -2.14. The van der Waals surface area contributed by atoms with Crippen molar-refractivity contribution in [3.8, 4) is 5.75 Å². The summed E-state index contributed by atoms with van der Waals surface area (Å²) in [5.74, 6) is -0.156. The maximum Gasteiger partial charge on any atom is 0.341 e. The Kier molecular flexibility index (Phi) is 4.24. The number of nitrogens with zero attached hydrogens (tertiary/aromatic N) is 1. The first kappa shape index (κ1) is 14.8. The first-order valence-corrected chi connectivity index (χ1v) is 8.07. The SMILES string of the molecule is COC(=O)c1c(N=Cc2ccccc2O)sc2c1CCCC2. The van der Waals surface area contributed by atoms with E-state index in [1.54, 1.807) is 35.8 Å². The summed E-state index contributed by atoms with van der Waals surface area (Å²) in [6.07, 6.45) is 5.74. The molecule has 1 aromatic carbocycles. The van der Waals surface area contributed by atoms with Gasteiger partial charge >= 0.3 is 5.97 Å². The van der Waals surface area contributed by atoms with Crippen LogP contribution in [-0.4, -0.2) is 24.4 Å². The molecule has 22 heavy (non-hydrogen) atoms. The first-order valence-electron chi connectivity index (χ1n) is 7.25. The standard InChI is InChI=1S/C17H17NO3S/c1-21-17(20)15-12-7-3-5-9-14(12)22-16(15)18-10-11-6-2-4-8-13(11)19/h2,4,6,8,10,19H,3,5,7,9H2,1H3. The van der Waals surface area contributed by atoms with Crippen molar-refractivity contribution in [3.63, 3.8) is 0 Å². The van der Waals surface area contributed by atoms with Crippen molar-refractivity contribution in [1.29, 1.82) is 0 Å². The van der Waals surface area contributed by atoms with E-state index in [1.165, 1.54) is 12.0 Å². The third kappa shape index (κ3) is 2.76. The lowest BCUT2D eigenvalue weighted by molar-refractivity contribution is 0.0601. The number of thiophene rings is 1. The van der Waals surface area contributed by atoms with Gasteiger partial charge in [0.1, 0.15) is 10.8 Å². The second kappa shape index (κ2) is 6.32. The molecule has 3 rings (SSSR count). The highest BCUT2D eigenvalue weighted by molar-refractivity contribution is 7.16. The topological polar surface area (TPSA) is 58.9 Å². The molecule has 2 aromatic rings. The molecule has 1 N–H and O–H groups in total. The number of phenols is 1. The molecule has 5 heteroatoms. The van der Waals surface area contributed by atoms with E-state index in [2.05, 4.69) is 4.99 Å². The molecule has 1 aliphatic carbocycles. The molecule has 0 saturated heterocycles. The second-order valence-electron chi connectivity index (χ2n) is 5.20. The van der Waals surface area contributed by atoms with Gasteiger partial charge in [-0.1, -0.05) is 12.1 Å². The van der Waals surface area contributed by atoms with E-state index < -0.39 is 0 Å². The van der Waals surface area contributed by atoms with Gasteiger partial charge in [-0.15, -0.1) is 11.3 Å². The third-order valence-electron chi connectivity index (χ3n) is 3.80. The van der Waals surface area contributed by atoms with E-state index in [0.717, 1.165) is 31.2 Å². The smallest absolute Gasteiger partial charge is 0.341 e. The Morgan fingerprint density at radius 1 is 1.32 bits per heavy atom. The van der Waals surface area contributed by atoms with Crippen LogP contribution >= 0.6 is 11.3 Å². The van der Waals surface area contributed by atoms with E-state index in [9.17, 15) is 9.90 Å². The molecule has 4 nitrogen and oxygen atoms in total. The van der Waals surface area contributed by atoms with Gasteiger partial charge in [0, 0.05) is 16.7 Å². The van der Waals surface area contributed by atoms with Crippen LogP contribution in [0.2, 0.25) is 0 Å². The third-order valence-corrected chi connectivity index (χ3v) is 5.00. The number of phenolic OH excluding ortho intramolecular Hbond substituents is 1. The molecule has 1 aromatic heterocycles. The van der Waals surface area contributed by atoms with Gasteiger partial charge in [-0.3, -0.25) is 0 Å². The zero-order valence-corrected chi connectivity index (χ0v) is 13.2. The largest absolute Gasteiger partial charge is 0.507 e. The molecule has 114 valence electrons. The number of ether oxygens (including phenoxy) is 1. The number of aryl methyl sites for hydroxylation is 1. The van der Waals surface area contributed by atoms with Crippen molar-refractivity contribution < 1.29 is 14.6 Å². The first-order chi connectivity index (χ1) is 10.7. The molecule has 0 unspecified atom stereocenters. The van der Waals surface area contributed by atoms with Crippen LogP contribution in [0.3, 0.4) is 0 Å². The Balaban J connectivity index is 2.01. The number of hydrogen-bond acceptors (Lipinski definition) is 5. The highest BCUT2D eigenvalue weighted by Gasteiger charge is 2.25. The van der Waals surface area contributed by atoms with Crippen LogP contribution in [0.1, 0.15) is 39.2 Å². The zero-order valence-electron chi connectivity index (χ0n) is 12.3. The van der Waals surface area contributed by atoms with Gasteiger partial charge < -0.3 is 9.84 Å². The molecule has 0 spiro atoms. The Morgan fingerprint density at radius 2 is 2.09 bits per heavy atom. The lowest BCUT2D eigenvalue weighted by Gasteiger charge is -2.11. The number of hydrogen-bond donors (Lipinski definition) is 1. The number of carbonyl (C=O) groups excluding carboxylic acids is 1. The maximum atomic E-state index is 12.1. The molecule has 0 aliphatic heterocycles. The Morgan fingerprint density at radius 3 is 2.86 bits per heavy atom. The number of rotatable bonds is 3. The minimum Gasteiger partial charge on any atom is -0.507 e. The fourth-order valence-corrected chi connectivity index (χ4v) is 3.90. The monoisotopic (exact) mass is 315 g/mol. The van der Waals surface area contributed by atoms with Crippen molar-refractivity contribution in [2.24, 2.45) is 4.99 Å². The number of methoxy groups -OCH3 is 1. The van der Waals surface area contributed by atoms with Crippen molar-refractivity contribution in [2.45, 2.75) is 25.7 Å². The number of aliphatic imine (C=N–C) groups is 1. The number of benzene rings is 1. The van der Waals surface area contributed by atoms with Gasteiger partial charge in [0.05, 0.1) is 12.7 Å². The summed E-state index contributed by atoms with van der Waals surface area (Å²) in [5.41, 5.74) is 2.31. The number of fused-ring (bicyclic) bond motifs is 1. The van der Waals surface area contributed by atoms with Crippen LogP contribution in [-0.2, 0) is 17.6 Å². The molecular formula is C17H17NO3S. The molecule has 0 radical (unpaired) electrons. The summed E-state index contributed by atoms with van der Waals surface area (Å²) in [4.78, 5) is 17.8. The van der Waals surface area contributed by atoms with Crippen molar-refractivity contribution >= 4 is 28.5 Å². The van der Waals surface area contributed by atoms with Crippen LogP contribution in [0.5, 0.6) is 5.75 Å². The van der Waals surface area contributed by atoms with E-state index in [1.807, 2.05) is 6.07 Å². The predicted molar refractivity (Wildman–Crippen MR) is 87.7 cm³/mol. The fraction of sp³-hybridized carbons (Fsp3) is 0.294. The summed E-state index contributed by atoms with van der Waals surface area (Å²) >= 11 is 1.55. The van der Waals surface area contributed by atoms with E-state index in [4.69, 9.17) is 4.74 Å². The van der Waals surface area contributed by atoms with E-state index in [-0.39, 0.29) is 11.7 Å². The van der Waals surface area contributed by atoms with Crippen LogP contribution in [0.4, 0.5) is 5.00 Å². The van der Waals surface area contributed by atoms with Gasteiger partial charge in [-0.05, 0) is 43.4 Å². The van der Waals surface area contributed by atoms with Crippen molar-refractivity contribution in [3.05, 3.63) is 45.8 Å². The van der Waals surface area contributed by atoms with Gasteiger partial charge in [0.15, 0.2) is 0 Å². The summed E-state index contributed by atoms with van der Waals surface area (Å²) in [6, 6.07) is 6.99. The number of carbonyl (C=O) groups is 1. The van der Waals surface area contributed by atoms with Gasteiger partial charge in [0.2, 0.25) is 0 Å². The zero-order chi connectivity index (χ0) is 15.5. The van der Waals surface area contributed by atoms with Crippen molar-refractivity contribution in [1.82, 2.24) is 0 Å². The Bertz CT molecular complexity index is 734. The predicted octanol–water partition coefficient (Wildman–Crippen LogP) is 3.87. The quantitative estimate of drug-likeness (QED) is 0.691. The van der Waals surface area contributed by atoms with Crippen LogP contribution in [0, 0.1) is 0 Å². The van der Waals surface area contributed by atoms with Crippen LogP contribution < -0.4 is 0 Å². The minimum atomic E-state index is -0.330. The van der Waals surface area contributed by atoms with E-state index in [0.29, 0.717) is 16.1 Å². The molecular weight excluding hydrogens is 298 g/mol. The molecule has 0 bridgehead atoms. The van der Waals surface area contributed by atoms with Crippen molar-refractivity contribution in [2.75, 3.05) is 7.11 Å². The molecule has 1 heterocycles. The lowest BCUT2D eigenvalue weighted by atomic mass is 9.95. The maximum absolute atomic E-state index is 12.1. The fourth-order valence-electron chi connectivity index (χ4n) is 2.68. The van der Waals surface area contributed by atoms with Gasteiger partial charge in [0.25, 0.3) is 0 Å². The van der Waals surface area contributed by atoms with E-state index >= 15 is 0 Å².